The van der Waals surface area contributed by atoms with Crippen molar-refractivity contribution in [3.8, 4) is 16.3 Å². The topological polar surface area (TPSA) is 59.4 Å². The van der Waals surface area contributed by atoms with Crippen LogP contribution in [0.2, 0.25) is 5.02 Å². The van der Waals surface area contributed by atoms with Gasteiger partial charge in [0.25, 0.3) is 12.1 Å². The molecule has 1 N–H and O–H groups in total. The van der Waals surface area contributed by atoms with E-state index in [9.17, 15) is 23.1 Å². The van der Waals surface area contributed by atoms with Crippen molar-refractivity contribution < 1.29 is 27.8 Å². The van der Waals surface area contributed by atoms with E-state index in [1.165, 1.54) is 11.3 Å². The molecule has 224 valence electrons. The van der Waals surface area contributed by atoms with Gasteiger partial charge in [0.2, 0.25) is 0 Å². The van der Waals surface area contributed by atoms with E-state index in [0.29, 0.717) is 35.1 Å². The molecule has 3 atom stereocenters. The number of rotatable bonds is 13. The largest absolute Gasteiger partial charge is 0.481 e. The number of carbonyl (C=O) groups is 1. The van der Waals surface area contributed by atoms with E-state index < -0.39 is 23.5 Å². The number of hydrogen-bond acceptors (Lipinski definition) is 4. The van der Waals surface area contributed by atoms with Gasteiger partial charge >= 0.3 is 5.97 Å². The number of aliphatic carboxylic acids is 1. The zero-order valence-electron chi connectivity index (χ0n) is 24.6. The Hall–Kier alpha value is -2.32. The average Bonchev–Trinajstić information content (AvgIpc) is 3.35. The highest BCUT2D eigenvalue weighted by molar-refractivity contribution is 7.15. The zero-order chi connectivity index (χ0) is 30.7. The fourth-order valence-electron chi connectivity index (χ4n) is 4.31. The number of aromatic nitrogens is 1. The maximum absolute atomic E-state index is 12.8. The first-order chi connectivity index (χ1) is 18.6. The summed E-state index contributed by atoms with van der Waals surface area (Å²) in [4.78, 5) is 17.3. The summed E-state index contributed by atoms with van der Waals surface area (Å²) in [6.45, 7) is 17.5. The lowest BCUT2D eigenvalue weighted by molar-refractivity contribution is -0.151. The van der Waals surface area contributed by atoms with Crippen LogP contribution in [0.3, 0.4) is 0 Å². The van der Waals surface area contributed by atoms with Crippen LogP contribution in [0.1, 0.15) is 85.4 Å². The lowest BCUT2D eigenvalue weighted by Crippen LogP contribution is -2.36. The molecule has 0 radical (unpaired) electrons. The molecule has 0 spiro atoms. The minimum atomic E-state index is -1.80. The van der Waals surface area contributed by atoms with E-state index in [0.717, 1.165) is 35.2 Å². The van der Waals surface area contributed by atoms with E-state index in [-0.39, 0.29) is 17.8 Å². The first kappa shape index (κ1) is 35.7. The average molecular weight is 602 g/mol. The summed E-state index contributed by atoms with van der Waals surface area (Å²) < 4.78 is 42.7. The summed E-state index contributed by atoms with van der Waals surface area (Å²) in [5.74, 6) is 0.0883. The highest BCUT2D eigenvalue weighted by atomic mass is 35.5. The van der Waals surface area contributed by atoms with Gasteiger partial charge in [-0.1, -0.05) is 66.5 Å². The van der Waals surface area contributed by atoms with Gasteiger partial charge in [-0.15, -0.1) is 11.3 Å². The number of allylic oxidation sites excluding steroid dienone is 1. The van der Waals surface area contributed by atoms with Crippen molar-refractivity contribution in [3.05, 3.63) is 59.0 Å². The molecule has 9 heteroatoms. The third-order valence-electron chi connectivity index (χ3n) is 7.32. The third kappa shape index (κ3) is 11.3. The van der Waals surface area contributed by atoms with E-state index in [1.807, 2.05) is 0 Å². The summed E-state index contributed by atoms with van der Waals surface area (Å²) in [5.41, 5.74) is -0.474. The molecule has 1 aromatic heterocycles. The highest BCUT2D eigenvalue weighted by Gasteiger charge is 2.41. The highest BCUT2D eigenvalue weighted by Crippen LogP contribution is 2.44. The summed E-state index contributed by atoms with van der Waals surface area (Å²) in [7, 11) is 0. The lowest BCUT2D eigenvalue weighted by atomic mass is 9.65. The molecular formula is C31H43ClF3NO3S. The van der Waals surface area contributed by atoms with Crippen LogP contribution < -0.4 is 4.74 Å². The van der Waals surface area contributed by atoms with Crippen LogP contribution in [-0.2, 0) is 11.2 Å². The Balaban J connectivity index is 0.000000406. The van der Waals surface area contributed by atoms with Crippen molar-refractivity contribution in [1.29, 1.82) is 0 Å². The Morgan fingerprint density at radius 2 is 1.88 bits per heavy atom. The summed E-state index contributed by atoms with van der Waals surface area (Å²) >= 11 is 7.48. The molecule has 0 aliphatic heterocycles. The molecule has 0 amide bonds. The maximum Gasteiger partial charge on any atom is 0.309 e. The molecule has 2 unspecified atom stereocenters. The minimum Gasteiger partial charge on any atom is -0.481 e. The number of carboxylic acid groups (broad SMARTS) is 1. The van der Waals surface area contributed by atoms with Crippen molar-refractivity contribution >= 4 is 28.9 Å². The summed E-state index contributed by atoms with van der Waals surface area (Å²) in [6.07, 6.45) is 4.34. The molecule has 2 aromatic rings. The molecule has 0 aliphatic rings. The van der Waals surface area contributed by atoms with Gasteiger partial charge in [-0.3, -0.25) is 4.79 Å². The van der Waals surface area contributed by atoms with Gasteiger partial charge in [0.15, 0.2) is 0 Å². The molecule has 40 heavy (non-hydrogen) atoms. The first-order valence-corrected chi connectivity index (χ1v) is 14.8. The monoisotopic (exact) mass is 601 g/mol. The predicted molar refractivity (Wildman–Crippen MR) is 160 cm³/mol. The van der Waals surface area contributed by atoms with Crippen LogP contribution in [0.25, 0.3) is 10.6 Å². The van der Waals surface area contributed by atoms with E-state index >= 15 is 0 Å². The molecule has 1 heterocycles. The van der Waals surface area contributed by atoms with Gasteiger partial charge in [-0.2, -0.15) is 13.2 Å². The SMILES string of the molecule is C=C(F)Oc1ccc(Cl)cc1-c1ncc(CC)s1.CCC(C)CC(C[C@@](CC)(CC=C(F)F)C(=O)O)C(C)(C)C. The molecular weight excluding hydrogens is 559 g/mol. The van der Waals surface area contributed by atoms with Gasteiger partial charge in [-0.25, -0.2) is 4.98 Å². The number of benzene rings is 1. The van der Waals surface area contributed by atoms with Gasteiger partial charge in [0.1, 0.15) is 10.8 Å². The molecule has 1 aromatic carbocycles. The number of halogens is 4. The first-order valence-electron chi connectivity index (χ1n) is 13.6. The van der Waals surface area contributed by atoms with Crippen molar-refractivity contribution in [2.45, 2.75) is 87.0 Å². The van der Waals surface area contributed by atoms with Crippen LogP contribution in [0.15, 0.2) is 49.1 Å². The molecule has 4 nitrogen and oxygen atoms in total. The molecule has 2 rings (SSSR count). The molecule has 0 saturated carbocycles. The maximum atomic E-state index is 12.8. The third-order valence-corrected chi connectivity index (χ3v) is 8.73. The minimum absolute atomic E-state index is 0.0444. The zero-order valence-corrected chi connectivity index (χ0v) is 26.2. The molecule has 0 fully saturated rings. The quantitative estimate of drug-likeness (QED) is 0.232. The lowest BCUT2D eigenvalue weighted by Gasteiger charge is -2.39. The number of thiazole rings is 1. The number of hydrogen-bond donors (Lipinski definition) is 1. The number of ether oxygens (including phenoxy) is 1. The summed E-state index contributed by atoms with van der Waals surface area (Å²) in [5, 5.41) is 11.0. The number of aryl methyl sites for hydroxylation is 1. The molecule has 0 saturated heterocycles. The van der Waals surface area contributed by atoms with Crippen LogP contribution in [0.4, 0.5) is 13.2 Å². The summed E-state index contributed by atoms with van der Waals surface area (Å²) in [6, 6.07) is 4.09. The van der Waals surface area contributed by atoms with Crippen LogP contribution in [0.5, 0.6) is 5.75 Å². The Morgan fingerprint density at radius 3 is 2.33 bits per heavy atom. The van der Waals surface area contributed by atoms with Crippen LogP contribution in [0, 0.1) is 22.7 Å². The second-order valence-corrected chi connectivity index (χ2v) is 12.8. The van der Waals surface area contributed by atoms with Gasteiger partial charge in [-0.05, 0) is 80.2 Å². The van der Waals surface area contributed by atoms with Gasteiger partial charge in [0, 0.05) is 16.1 Å². The molecule has 0 bridgehead atoms. The normalized spacial score (nSPS) is 14.3. The van der Waals surface area contributed by atoms with Crippen molar-refractivity contribution in [2.75, 3.05) is 0 Å². The Labute approximate surface area is 246 Å². The fraction of sp³-hybridized carbons (Fsp3) is 0.548. The Bertz CT molecular complexity index is 1140. The van der Waals surface area contributed by atoms with Crippen LogP contribution in [-0.4, -0.2) is 16.1 Å². The molecule has 0 aliphatic carbocycles. The smallest absolute Gasteiger partial charge is 0.309 e. The van der Waals surface area contributed by atoms with Crippen LogP contribution >= 0.6 is 22.9 Å². The van der Waals surface area contributed by atoms with Crippen molar-refractivity contribution in [2.24, 2.45) is 22.7 Å². The van der Waals surface area contributed by atoms with Gasteiger partial charge < -0.3 is 9.84 Å². The number of nitrogens with zero attached hydrogens (tertiary/aromatic N) is 1. The second-order valence-electron chi connectivity index (χ2n) is 11.2. The Morgan fingerprint density at radius 1 is 1.23 bits per heavy atom. The second kappa shape index (κ2) is 16.2. The van der Waals surface area contributed by atoms with Gasteiger partial charge in [0.05, 0.1) is 11.0 Å². The standard InChI is InChI=1S/C18H32F2O2.C13H11ClFNOS/c1-7-13(3)11-14(17(4,5)6)12-18(8-2,16(21)22)10-9-15(19)20;1-3-10-7-16-13(18-10)11-6-9(14)4-5-12(11)17-8(2)15/h9,13-14H,7-8,10-12H2,1-6H3,(H,21,22);4-7H,2-3H2,1H3/t13?,14?,18-;/m1./s1. The number of carboxylic acids is 1. The van der Waals surface area contributed by atoms with E-state index in [4.69, 9.17) is 16.3 Å². The van der Waals surface area contributed by atoms with E-state index in [2.05, 4.69) is 53.1 Å². The predicted octanol–water partition coefficient (Wildman–Crippen LogP) is 11.0. The fourth-order valence-corrected chi connectivity index (χ4v) is 5.36. The van der Waals surface area contributed by atoms with Crippen molar-refractivity contribution in [1.82, 2.24) is 4.98 Å². The Kier molecular flexibility index (Phi) is 14.5. The van der Waals surface area contributed by atoms with Crippen molar-refractivity contribution in [3.63, 3.8) is 0 Å². The van der Waals surface area contributed by atoms with E-state index in [1.54, 1.807) is 31.3 Å².